The van der Waals surface area contributed by atoms with Gasteiger partial charge in [0.05, 0.1) is 26.2 Å². The van der Waals surface area contributed by atoms with Crippen LogP contribution in [0.4, 0.5) is 0 Å². The summed E-state index contributed by atoms with van der Waals surface area (Å²) < 4.78 is 1.35. The van der Waals surface area contributed by atoms with Crippen molar-refractivity contribution in [3.63, 3.8) is 0 Å². The smallest absolute Gasteiger partial charge is 0.0861 e. The summed E-state index contributed by atoms with van der Waals surface area (Å²) >= 11 is 0. The standard InChI is InChI=1S/C18H37N2/c1-17-11-9-16-20(17,4)15-8-6-5-7-12-18(2)13-10-14-19(18)3/h17H,5-16H2,1-4H3/q+1. The first-order valence-corrected chi connectivity index (χ1v) is 9.02. The lowest BCUT2D eigenvalue weighted by atomic mass is 9.91. The number of nitrogens with zero attached hydrogens (tertiary/aromatic N) is 2. The molecule has 3 atom stereocenters. The average Bonchev–Trinajstić information content (AvgIpc) is 2.90. The molecule has 2 nitrogen and oxygen atoms in total. The normalized spacial score (nSPS) is 38.7. The van der Waals surface area contributed by atoms with Gasteiger partial charge in [0.1, 0.15) is 0 Å². The Morgan fingerprint density at radius 3 is 2.50 bits per heavy atom. The van der Waals surface area contributed by atoms with E-state index in [2.05, 4.69) is 32.8 Å². The van der Waals surface area contributed by atoms with Gasteiger partial charge >= 0.3 is 0 Å². The fraction of sp³-hybridized carbons (Fsp3) is 1.00. The molecule has 0 spiro atoms. The Morgan fingerprint density at radius 1 is 1.15 bits per heavy atom. The molecule has 2 aliphatic heterocycles. The van der Waals surface area contributed by atoms with Gasteiger partial charge in [0.2, 0.25) is 0 Å². The zero-order valence-electron chi connectivity index (χ0n) is 14.5. The second kappa shape index (κ2) is 6.79. The highest BCUT2D eigenvalue weighted by molar-refractivity contribution is 4.89. The van der Waals surface area contributed by atoms with Crippen LogP contribution in [0.5, 0.6) is 0 Å². The van der Waals surface area contributed by atoms with E-state index in [1.807, 2.05) is 0 Å². The first kappa shape index (κ1) is 16.3. The first-order valence-electron chi connectivity index (χ1n) is 9.02. The predicted octanol–water partition coefficient (Wildman–Crippen LogP) is 4.05. The maximum absolute atomic E-state index is 2.59. The van der Waals surface area contributed by atoms with Crippen molar-refractivity contribution in [2.75, 3.05) is 33.7 Å². The Bertz CT molecular complexity index is 274. The van der Waals surface area contributed by atoms with E-state index in [4.69, 9.17) is 0 Å². The summed E-state index contributed by atoms with van der Waals surface area (Å²) in [4.78, 5) is 2.59. The van der Waals surface area contributed by atoms with Gasteiger partial charge in [0.15, 0.2) is 0 Å². The molecule has 3 unspecified atom stereocenters. The lowest BCUT2D eigenvalue weighted by Gasteiger charge is -2.34. The van der Waals surface area contributed by atoms with Crippen molar-refractivity contribution in [1.82, 2.24) is 4.90 Å². The molecule has 2 rings (SSSR count). The van der Waals surface area contributed by atoms with E-state index in [0.29, 0.717) is 5.54 Å². The van der Waals surface area contributed by atoms with Crippen molar-refractivity contribution in [2.24, 2.45) is 0 Å². The average molecular weight is 282 g/mol. The van der Waals surface area contributed by atoms with Crippen molar-refractivity contribution >= 4 is 0 Å². The van der Waals surface area contributed by atoms with E-state index in [1.54, 1.807) is 0 Å². The molecule has 118 valence electrons. The van der Waals surface area contributed by atoms with Gasteiger partial charge in [-0.3, -0.25) is 0 Å². The van der Waals surface area contributed by atoms with E-state index >= 15 is 0 Å². The van der Waals surface area contributed by atoms with Gasteiger partial charge in [0.25, 0.3) is 0 Å². The quantitative estimate of drug-likeness (QED) is 0.503. The van der Waals surface area contributed by atoms with Gasteiger partial charge < -0.3 is 9.38 Å². The summed E-state index contributed by atoms with van der Waals surface area (Å²) in [6.45, 7) is 9.06. The second-order valence-electron chi connectivity index (χ2n) is 8.10. The van der Waals surface area contributed by atoms with Crippen LogP contribution in [-0.4, -0.2) is 54.7 Å². The maximum Gasteiger partial charge on any atom is 0.0861 e. The Morgan fingerprint density at radius 2 is 1.90 bits per heavy atom. The Balaban J connectivity index is 1.56. The van der Waals surface area contributed by atoms with Crippen molar-refractivity contribution < 1.29 is 4.48 Å². The molecule has 0 saturated carbocycles. The molecule has 0 bridgehead atoms. The summed E-state index contributed by atoms with van der Waals surface area (Å²) in [7, 11) is 4.79. The number of hydrogen-bond donors (Lipinski definition) is 0. The van der Waals surface area contributed by atoms with Crippen LogP contribution in [0.3, 0.4) is 0 Å². The Kier molecular flexibility index (Phi) is 5.53. The zero-order valence-corrected chi connectivity index (χ0v) is 14.5. The third kappa shape index (κ3) is 3.76. The largest absolute Gasteiger partial charge is 0.324 e. The van der Waals surface area contributed by atoms with Gasteiger partial charge in [-0.25, -0.2) is 0 Å². The first-order chi connectivity index (χ1) is 9.46. The second-order valence-corrected chi connectivity index (χ2v) is 8.10. The van der Waals surface area contributed by atoms with Crippen molar-refractivity contribution in [1.29, 1.82) is 0 Å². The fourth-order valence-electron chi connectivity index (χ4n) is 4.42. The molecule has 0 aliphatic carbocycles. The molecule has 20 heavy (non-hydrogen) atoms. The highest BCUT2D eigenvalue weighted by Crippen LogP contribution is 2.32. The number of hydrogen-bond acceptors (Lipinski definition) is 1. The SMILES string of the molecule is CC1CCC[N+]1(C)CCCCCCC1(C)CCCN1C. The summed E-state index contributed by atoms with van der Waals surface area (Å²) in [5, 5.41) is 0. The monoisotopic (exact) mass is 281 g/mol. The molecule has 2 saturated heterocycles. The third-order valence-corrected chi connectivity index (χ3v) is 6.62. The topological polar surface area (TPSA) is 3.24 Å². The van der Waals surface area contributed by atoms with Gasteiger partial charge in [-0.15, -0.1) is 0 Å². The van der Waals surface area contributed by atoms with Crippen LogP contribution in [0.2, 0.25) is 0 Å². The van der Waals surface area contributed by atoms with Crippen LogP contribution in [0.1, 0.15) is 71.6 Å². The van der Waals surface area contributed by atoms with Crippen molar-refractivity contribution in [3.05, 3.63) is 0 Å². The molecule has 0 N–H and O–H groups in total. The van der Waals surface area contributed by atoms with E-state index in [0.717, 1.165) is 6.04 Å². The highest BCUT2D eigenvalue weighted by atomic mass is 15.4. The maximum atomic E-state index is 2.59. The van der Waals surface area contributed by atoms with E-state index in [1.165, 1.54) is 81.9 Å². The molecule has 2 aliphatic rings. The van der Waals surface area contributed by atoms with Crippen LogP contribution in [0, 0.1) is 0 Å². The third-order valence-electron chi connectivity index (χ3n) is 6.62. The van der Waals surface area contributed by atoms with Crippen LogP contribution in [0.25, 0.3) is 0 Å². The fourth-order valence-corrected chi connectivity index (χ4v) is 4.42. The molecule has 2 heterocycles. The van der Waals surface area contributed by atoms with Crippen molar-refractivity contribution in [2.45, 2.75) is 83.2 Å². The summed E-state index contributed by atoms with van der Waals surface area (Å²) in [6.07, 6.45) is 12.9. The molecule has 0 aromatic heterocycles. The lowest BCUT2D eigenvalue weighted by molar-refractivity contribution is -0.919. The summed E-state index contributed by atoms with van der Waals surface area (Å²) in [6, 6.07) is 0.904. The van der Waals surface area contributed by atoms with Gasteiger partial charge in [0, 0.05) is 18.4 Å². The molecular weight excluding hydrogens is 244 g/mol. The van der Waals surface area contributed by atoms with Crippen molar-refractivity contribution in [3.8, 4) is 0 Å². The van der Waals surface area contributed by atoms with Crippen LogP contribution >= 0.6 is 0 Å². The Hall–Kier alpha value is -0.0800. The number of rotatable bonds is 7. The van der Waals surface area contributed by atoms with Gasteiger partial charge in [-0.2, -0.15) is 0 Å². The molecule has 0 aromatic rings. The minimum atomic E-state index is 0.516. The molecule has 0 aromatic carbocycles. The van der Waals surface area contributed by atoms with Crippen LogP contribution in [-0.2, 0) is 0 Å². The minimum Gasteiger partial charge on any atom is -0.324 e. The molecule has 2 heteroatoms. The minimum absolute atomic E-state index is 0.516. The molecule has 2 fully saturated rings. The van der Waals surface area contributed by atoms with Crippen LogP contribution < -0.4 is 0 Å². The number of unbranched alkanes of at least 4 members (excludes halogenated alkanes) is 3. The summed E-state index contributed by atoms with van der Waals surface area (Å²) in [5.74, 6) is 0. The molecule has 0 amide bonds. The predicted molar refractivity (Wildman–Crippen MR) is 88.0 cm³/mol. The van der Waals surface area contributed by atoms with E-state index in [9.17, 15) is 0 Å². The molecular formula is C18H37N2+. The van der Waals surface area contributed by atoms with Gasteiger partial charge in [-0.05, 0) is 59.5 Å². The Labute approximate surface area is 127 Å². The highest BCUT2D eigenvalue weighted by Gasteiger charge is 2.34. The van der Waals surface area contributed by atoms with Gasteiger partial charge in [-0.1, -0.05) is 12.8 Å². The van der Waals surface area contributed by atoms with Crippen LogP contribution in [0.15, 0.2) is 0 Å². The lowest BCUT2D eigenvalue weighted by Crippen LogP contribution is -2.47. The molecule has 0 radical (unpaired) electrons. The zero-order chi connectivity index (χ0) is 14.6. The summed E-state index contributed by atoms with van der Waals surface area (Å²) in [5.41, 5.74) is 0.516. The number of quaternary nitrogens is 1. The number of likely N-dealkylation sites (tertiary alicyclic amines) is 2. The van der Waals surface area contributed by atoms with E-state index in [-0.39, 0.29) is 0 Å². The van der Waals surface area contributed by atoms with E-state index < -0.39 is 0 Å².